The largest absolute Gasteiger partial charge is 0.444 e. The fourth-order valence-corrected chi connectivity index (χ4v) is 6.36. The molecule has 3 atom stereocenters. The average molecular weight is 616 g/mol. The summed E-state index contributed by atoms with van der Waals surface area (Å²) in [5.74, 6) is -0.248. The zero-order valence-corrected chi connectivity index (χ0v) is 24.1. The second-order valence-corrected chi connectivity index (χ2v) is 12.8. The van der Waals surface area contributed by atoms with E-state index in [2.05, 4.69) is 5.32 Å². The van der Waals surface area contributed by atoms with Gasteiger partial charge in [-0.2, -0.15) is 12.7 Å². The summed E-state index contributed by atoms with van der Waals surface area (Å²) in [5.41, 5.74) is 0.338. The van der Waals surface area contributed by atoms with Crippen molar-refractivity contribution < 1.29 is 44.8 Å². The van der Waals surface area contributed by atoms with Crippen LogP contribution in [0.2, 0.25) is 0 Å². The van der Waals surface area contributed by atoms with Gasteiger partial charge in [0.25, 0.3) is 5.69 Å². The predicted molar refractivity (Wildman–Crippen MR) is 146 cm³/mol. The first-order valence-corrected chi connectivity index (χ1v) is 15.5. The standard InChI is InChI=1S/C25H33N3O11S2/c1-18(2)15-27(40(32,33)22-10-8-20(9-11-22)28(30)31)16-24(39-41(34,35)36)23(14-19-6-4-3-5-7-19)26-25(29)38-21-12-13-37-17-21/h3-11,18,21,23-24H,12-17H2,1-2H3,(H,26,29)(H,34,35,36)/t21-,23-,24+/m0/s1. The van der Waals surface area contributed by atoms with Gasteiger partial charge >= 0.3 is 16.5 Å². The van der Waals surface area contributed by atoms with Crippen molar-refractivity contribution in [1.29, 1.82) is 0 Å². The van der Waals surface area contributed by atoms with Crippen LogP contribution in [-0.2, 0) is 40.5 Å². The van der Waals surface area contributed by atoms with Gasteiger partial charge in [-0.1, -0.05) is 44.2 Å². The maximum atomic E-state index is 13.6. The molecule has 0 aliphatic carbocycles. The number of carbonyl (C=O) groups is 1. The highest BCUT2D eigenvalue weighted by atomic mass is 32.3. The van der Waals surface area contributed by atoms with E-state index >= 15 is 0 Å². The normalized spacial score (nSPS) is 17.3. The first kappa shape index (κ1) is 32.4. The number of nitrogens with one attached hydrogen (secondary N) is 1. The lowest BCUT2D eigenvalue weighted by Crippen LogP contribution is -2.53. The van der Waals surface area contributed by atoms with Crippen LogP contribution in [0, 0.1) is 16.0 Å². The molecule has 3 rings (SSSR count). The van der Waals surface area contributed by atoms with E-state index < -0.39 is 56.2 Å². The minimum atomic E-state index is -5.13. The lowest BCUT2D eigenvalue weighted by molar-refractivity contribution is -0.384. The van der Waals surface area contributed by atoms with Gasteiger partial charge in [-0.15, -0.1) is 0 Å². The minimum Gasteiger partial charge on any atom is -0.444 e. The van der Waals surface area contributed by atoms with Gasteiger partial charge in [0.05, 0.1) is 29.1 Å². The van der Waals surface area contributed by atoms with E-state index in [1.54, 1.807) is 44.2 Å². The quantitative estimate of drug-likeness (QED) is 0.180. The molecule has 0 spiro atoms. The van der Waals surface area contributed by atoms with Gasteiger partial charge in [0.1, 0.15) is 12.2 Å². The molecular weight excluding hydrogens is 582 g/mol. The molecule has 2 aromatic carbocycles. The highest BCUT2D eigenvalue weighted by Crippen LogP contribution is 2.23. The number of nitro benzene ring substituents is 1. The second kappa shape index (κ2) is 14.2. The molecule has 2 aromatic rings. The van der Waals surface area contributed by atoms with Crippen LogP contribution in [0.4, 0.5) is 10.5 Å². The number of carbonyl (C=O) groups excluding carboxylic acids is 1. The van der Waals surface area contributed by atoms with E-state index in [1.165, 1.54) is 0 Å². The van der Waals surface area contributed by atoms with Gasteiger partial charge in [-0.25, -0.2) is 17.4 Å². The molecule has 1 saturated heterocycles. The third kappa shape index (κ3) is 10.0. The summed E-state index contributed by atoms with van der Waals surface area (Å²) >= 11 is 0. The van der Waals surface area contributed by atoms with Crippen molar-refractivity contribution in [2.45, 2.75) is 49.8 Å². The molecule has 1 aliphatic rings. The van der Waals surface area contributed by atoms with Crippen molar-refractivity contribution in [3.05, 3.63) is 70.3 Å². The SMILES string of the molecule is CC(C)CN(C[C@@H](OS(=O)(=O)O)[C@H](Cc1ccccc1)NC(=O)O[C@H]1CCOC1)S(=O)(=O)c1ccc([N+](=O)[O-])cc1. The first-order chi connectivity index (χ1) is 19.2. The number of amides is 1. The van der Waals surface area contributed by atoms with Crippen LogP contribution >= 0.6 is 0 Å². The number of benzene rings is 2. The fraction of sp³-hybridized carbons (Fsp3) is 0.480. The van der Waals surface area contributed by atoms with E-state index in [9.17, 15) is 36.3 Å². The van der Waals surface area contributed by atoms with E-state index in [4.69, 9.17) is 13.7 Å². The Kier molecular flexibility index (Phi) is 11.2. The van der Waals surface area contributed by atoms with Gasteiger partial charge in [-0.05, 0) is 30.0 Å². The first-order valence-electron chi connectivity index (χ1n) is 12.7. The van der Waals surface area contributed by atoms with Crippen LogP contribution in [0.15, 0.2) is 59.5 Å². The zero-order valence-electron chi connectivity index (χ0n) is 22.5. The molecular formula is C25H33N3O11S2. The second-order valence-electron chi connectivity index (χ2n) is 9.86. The topological polar surface area (TPSA) is 192 Å². The van der Waals surface area contributed by atoms with Gasteiger partial charge in [0.15, 0.2) is 0 Å². The van der Waals surface area contributed by atoms with Gasteiger partial charge < -0.3 is 14.8 Å². The maximum Gasteiger partial charge on any atom is 0.407 e. The zero-order chi connectivity index (χ0) is 30.2. The smallest absolute Gasteiger partial charge is 0.407 e. The van der Waals surface area contributed by atoms with Crippen molar-refractivity contribution in [2.24, 2.45) is 5.92 Å². The summed E-state index contributed by atoms with van der Waals surface area (Å²) in [5, 5.41) is 13.6. The molecule has 16 heteroatoms. The molecule has 0 aromatic heterocycles. The Morgan fingerprint density at radius 1 is 1.12 bits per heavy atom. The third-order valence-corrected chi connectivity index (χ3v) is 8.43. The number of sulfonamides is 1. The molecule has 14 nitrogen and oxygen atoms in total. The highest BCUT2D eigenvalue weighted by Gasteiger charge is 2.36. The van der Waals surface area contributed by atoms with Crippen molar-refractivity contribution in [2.75, 3.05) is 26.3 Å². The summed E-state index contributed by atoms with van der Waals surface area (Å²) in [6.07, 6.45) is -2.57. The number of ether oxygens (including phenoxy) is 2. The number of nitrogens with zero attached hydrogens (tertiary/aromatic N) is 2. The van der Waals surface area contributed by atoms with Gasteiger partial charge in [-0.3, -0.25) is 14.7 Å². The molecule has 226 valence electrons. The Morgan fingerprint density at radius 3 is 2.32 bits per heavy atom. The third-order valence-electron chi connectivity index (χ3n) is 6.09. The van der Waals surface area contributed by atoms with Crippen LogP contribution in [0.1, 0.15) is 25.8 Å². The number of non-ortho nitro benzene ring substituents is 1. The number of alkyl carbamates (subject to hydrolysis) is 1. The van der Waals surface area contributed by atoms with Crippen molar-refractivity contribution in [3.8, 4) is 0 Å². The minimum absolute atomic E-state index is 0.00953. The van der Waals surface area contributed by atoms with E-state index in [0.29, 0.717) is 18.6 Å². The molecule has 0 saturated carbocycles. The van der Waals surface area contributed by atoms with Crippen molar-refractivity contribution >= 4 is 32.2 Å². The molecule has 0 radical (unpaired) electrons. The molecule has 2 N–H and O–H groups in total. The molecule has 0 bridgehead atoms. The summed E-state index contributed by atoms with van der Waals surface area (Å²) in [4.78, 5) is 22.9. The Balaban J connectivity index is 1.98. The molecule has 0 unspecified atom stereocenters. The van der Waals surface area contributed by atoms with Crippen LogP contribution in [0.25, 0.3) is 0 Å². The van der Waals surface area contributed by atoms with Crippen LogP contribution in [0.5, 0.6) is 0 Å². The molecule has 41 heavy (non-hydrogen) atoms. The summed E-state index contributed by atoms with van der Waals surface area (Å²) in [6.45, 7) is 3.35. The van der Waals surface area contributed by atoms with Gasteiger partial charge in [0.2, 0.25) is 10.0 Å². The lowest BCUT2D eigenvalue weighted by atomic mass is 10.0. The molecule has 1 heterocycles. The Hall–Kier alpha value is -3.15. The monoisotopic (exact) mass is 615 g/mol. The summed E-state index contributed by atoms with van der Waals surface area (Å²) < 4.78 is 77.3. The number of nitro groups is 1. The molecule has 1 aliphatic heterocycles. The van der Waals surface area contributed by atoms with E-state index in [0.717, 1.165) is 28.6 Å². The average Bonchev–Trinajstić information content (AvgIpc) is 3.40. The number of hydrogen-bond donors (Lipinski definition) is 2. The van der Waals surface area contributed by atoms with Crippen LogP contribution < -0.4 is 5.32 Å². The lowest BCUT2D eigenvalue weighted by Gasteiger charge is -2.32. The van der Waals surface area contributed by atoms with Crippen LogP contribution in [0.3, 0.4) is 0 Å². The predicted octanol–water partition coefficient (Wildman–Crippen LogP) is 2.56. The van der Waals surface area contributed by atoms with E-state index in [1.807, 2.05) is 0 Å². The number of hydrogen-bond acceptors (Lipinski definition) is 10. The summed E-state index contributed by atoms with van der Waals surface area (Å²) in [6, 6.07) is 11.7. The Labute approximate surface area is 238 Å². The molecule has 1 fully saturated rings. The van der Waals surface area contributed by atoms with Gasteiger partial charge in [0, 0.05) is 31.6 Å². The molecule has 1 amide bonds. The van der Waals surface area contributed by atoms with Crippen molar-refractivity contribution in [3.63, 3.8) is 0 Å². The van der Waals surface area contributed by atoms with Crippen molar-refractivity contribution in [1.82, 2.24) is 9.62 Å². The van der Waals surface area contributed by atoms with Crippen LogP contribution in [-0.4, -0.2) is 81.3 Å². The summed E-state index contributed by atoms with van der Waals surface area (Å²) in [7, 11) is -9.48. The number of rotatable bonds is 14. The van der Waals surface area contributed by atoms with E-state index in [-0.39, 0.29) is 36.1 Å². The Morgan fingerprint density at radius 2 is 1.78 bits per heavy atom. The Bertz CT molecular complexity index is 1380. The maximum absolute atomic E-state index is 13.6. The fourth-order valence-electron chi connectivity index (χ4n) is 4.23. The highest BCUT2D eigenvalue weighted by molar-refractivity contribution is 7.89.